The lowest BCUT2D eigenvalue weighted by Crippen LogP contribution is -2.30. The van der Waals surface area contributed by atoms with Gasteiger partial charge < -0.3 is 4.74 Å². The number of tetrazole rings is 1. The summed E-state index contributed by atoms with van der Waals surface area (Å²) in [6.45, 7) is 6.26. The molecule has 0 bridgehead atoms. The van der Waals surface area contributed by atoms with Crippen LogP contribution in [0.5, 0.6) is 0 Å². The number of carbonyl (C=O) groups excluding carboxylic acids is 1. The Balaban J connectivity index is 2.19. The number of aromatic nitrogens is 4. The molecule has 0 aliphatic rings. The Morgan fingerprint density at radius 1 is 1.25 bits per heavy atom. The van der Waals surface area contributed by atoms with Crippen LogP contribution in [0.3, 0.4) is 0 Å². The van der Waals surface area contributed by atoms with Crippen LogP contribution in [0, 0.1) is 5.82 Å². The molecule has 0 atom stereocenters. The topological polar surface area (TPSA) is 107 Å². The molecule has 1 heterocycles. The monoisotopic (exact) mass is 413 g/mol. The second-order valence-corrected chi connectivity index (χ2v) is 7.92. The summed E-state index contributed by atoms with van der Waals surface area (Å²) in [5.41, 5.74) is -0.458. The lowest BCUT2D eigenvalue weighted by Gasteiger charge is -2.18. The summed E-state index contributed by atoms with van der Waals surface area (Å²) in [7, 11) is -3.83. The fourth-order valence-electron chi connectivity index (χ4n) is 2.55. The third-order valence-corrected chi connectivity index (χ3v) is 6.21. The molecular weight excluding hydrogens is 389 g/mol. The Morgan fingerprint density at radius 2 is 1.96 bits per heavy atom. The van der Waals surface area contributed by atoms with Gasteiger partial charge in [-0.1, -0.05) is 27.2 Å². The maximum Gasteiger partial charge on any atom is 0.341 e. The maximum atomic E-state index is 14.1. The van der Waals surface area contributed by atoms with Crippen molar-refractivity contribution in [1.82, 2.24) is 24.5 Å². The summed E-state index contributed by atoms with van der Waals surface area (Å²) in [6.07, 6.45) is 1.80. The van der Waals surface area contributed by atoms with Crippen molar-refractivity contribution in [2.75, 3.05) is 13.1 Å². The van der Waals surface area contributed by atoms with E-state index in [4.69, 9.17) is 4.74 Å². The number of carbonyl (C=O) groups is 1. The Bertz CT molecular complexity index is 912. The molecule has 0 fully saturated rings. The van der Waals surface area contributed by atoms with Gasteiger partial charge in [-0.3, -0.25) is 0 Å². The first-order valence-corrected chi connectivity index (χ1v) is 10.5. The zero-order chi connectivity index (χ0) is 20.7. The third kappa shape index (κ3) is 4.90. The summed E-state index contributed by atoms with van der Waals surface area (Å²) >= 11 is 0. The van der Waals surface area contributed by atoms with Crippen LogP contribution in [0.25, 0.3) is 0 Å². The van der Waals surface area contributed by atoms with Gasteiger partial charge in [0, 0.05) is 19.6 Å². The molecule has 2 aromatic rings. The molecule has 1 aromatic heterocycles. The predicted molar refractivity (Wildman–Crippen MR) is 98.4 cm³/mol. The quantitative estimate of drug-likeness (QED) is 0.548. The normalized spacial score (nSPS) is 11.8. The molecule has 1 aromatic carbocycles. The molecule has 2 rings (SSSR count). The van der Waals surface area contributed by atoms with E-state index >= 15 is 0 Å². The zero-order valence-corrected chi connectivity index (χ0v) is 16.9. The summed E-state index contributed by atoms with van der Waals surface area (Å²) in [4.78, 5) is 12.2. The van der Waals surface area contributed by atoms with Gasteiger partial charge in [0.05, 0.1) is 10.5 Å². The Morgan fingerprint density at radius 3 is 2.61 bits per heavy atom. The Hall–Kier alpha value is -2.40. The highest BCUT2D eigenvalue weighted by atomic mass is 32.2. The van der Waals surface area contributed by atoms with Crippen LogP contribution in [0.15, 0.2) is 23.1 Å². The van der Waals surface area contributed by atoms with E-state index in [0.717, 1.165) is 31.0 Å². The molecule has 154 valence electrons. The molecular formula is C17H24FN5O4S. The van der Waals surface area contributed by atoms with E-state index < -0.39 is 27.4 Å². The standard InChI is InChI=1S/C17H24FN5O4S/c1-4-7-10-23-16(19-20-21-23)12-27-17(24)14-11-13(8-9-15(14)18)28(25,26)22(5-2)6-3/h8-9,11H,4-7,10,12H2,1-3H3. The van der Waals surface area contributed by atoms with Crippen molar-refractivity contribution in [3.05, 3.63) is 35.4 Å². The third-order valence-electron chi connectivity index (χ3n) is 4.16. The molecule has 0 amide bonds. The summed E-state index contributed by atoms with van der Waals surface area (Å²) in [6, 6.07) is 3.06. The molecule has 0 unspecified atom stereocenters. The molecule has 0 spiro atoms. The minimum Gasteiger partial charge on any atom is -0.454 e. The van der Waals surface area contributed by atoms with Gasteiger partial charge in [-0.2, -0.15) is 4.31 Å². The lowest BCUT2D eigenvalue weighted by molar-refractivity contribution is 0.0450. The largest absolute Gasteiger partial charge is 0.454 e. The number of unbranched alkanes of at least 4 members (excludes halogenated alkanes) is 1. The first kappa shape index (κ1) is 21.9. The van der Waals surface area contributed by atoms with E-state index in [1.807, 2.05) is 6.92 Å². The fourth-order valence-corrected chi connectivity index (χ4v) is 4.03. The highest BCUT2D eigenvalue weighted by molar-refractivity contribution is 7.89. The summed E-state index contributed by atoms with van der Waals surface area (Å²) < 4.78 is 47.1. The van der Waals surface area contributed by atoms with E-state index in [9.17, 15) is 17.6 Å². The highest BCUT2D eigenvalue weighted by Gasteiger charge is 2.25. The van der Waals surface area contributed by atoms with Crippen molar-refractivity contribution in [3.63, 3.8) is 0 Å². The van der Waals surface area contributed by atoms with Crippen LogP contribution in [0.4, 0.5) is 4.39 Å². The van der Waals surface area contributed by atoms with E-state index in [2.05, 4.69) is 15.5 Å². The molecule has 0 N–H and O–H groups in total. The molecule has 28 heavy (non-hydrogen) atoms. The number of benzene rings is 1. The van der Waals surface area contributed by atoms with Crippen molar-refractivity contribution < 1.29 is 22.3 Å². The second kappa shape index (κ2) is 9.69. The van der Waals surface area contributed by atoms with Crippen LogP contribution in [0.1, 0.15) is 49.8 Å². The van der Waals surface area contributed by atoms with E-state index in [1.54, 1.807) is 13.8 Å². The van der Waals surface area contributed by atoms with Crippen LogP contribution in [-0.4, -0.2) is 52.0 Å². The molecule has 0 aliphatic heterocycles. The van der Waals surface area contributed by atoms with Crippen molar-refractivity contribution in [2.24, 2.45) is 0 Å². The van der Waals surface area contributed by atoms with Gasteiger partial charge in [0.1, 0.15) is 5.82 Å². The van der Waals surface area contributed by atoms with E-state index in [1.165, 1.54) is 8.99 Å². The van der Waals surface area contributed by atoms with E-state index in [-0.39, 0.29) is 24.6 Å². The van der Waals surface area contributed by atoms with Crippen LogP contribution >= 0.6 is 0 Å². The van der Waals surface area contributed by atoms with Crippen molar-refractivity contribution in [3.8, 4) is 0 Å². The van der Waals surface area contributed by atoms with Crippen molar-refractivity contribution >= 4 is 16.0 Å². The Kier molecular flexibility index (Phi) is 7.58. The molecule has 0 saturated carbocycles. The second-order valence-electron chi connectivity index (χ2n) is 5.98. The van der Waals surface area contributed by atoms with Gasteiger partial charge in [-0.15, -0.1) is 5.10 Å². The minimum atomic E-state index is -3.83. The number of sulfonamides is 1. The fraction of sp³-hybridized carbons (Fsp3) is 0.529. The number of hydrogen-bond acceptors (Lipinski definition) is 7. The number of hydrogen-bond donors (Lipinski definition) is 0. The molecule has 11 heteroatoms. The van der Waals surface area contributed by atoms with Crippen LogP contribution in [0.2, 0.25) is 0 Å². The number of nitrogens with zero attached hydrogens (tertiary/aromatic N) is 5. The summed E-state index contributed by atoms with van der Waals surface area (Å²) in [5.74, 6) is -1.53. The van der Waals surface area contributed by atoms with Gasteiger partial charge in [-0.25, -0.2) is 22.3 Å². The van der Waals surface area contributed by atoms with Gasteiger partial charge in [0.2, 0.25) is 10.0 Å². The van der Waals surface area contributed by atoms with Crippen LogP contribution < -0.4 is 0 Å². The number of esters is 1. The number of halogens is 1. The molecule has 0 saturated heterocycles. The Labute approximate surface area is 163 Å². The van der Waals surface area contributed by atoms with Gasteiger partial charge in [-0.05, 0) is 35.0 Å². The molecule has 0 radical (unpaired) electrons. The SMILES string of the molecule is CCCCn1nnnc1COC(=O)c1cc(S(=O)(=O)N(CC)CC)ccc1F. The molecule has 9 nitrogen and oxygen atoms in total. The van der Waals surface area contributed by atoms with Crippen molar-refractivity contribution in [2.45, 2.75) is 51.7 Å². The van der Waals surface area contributed by atoms with Gasteiger partial charge >= 0.3 is 5.97 Å². The van der Waals surface area contributed by atoms with Gasteiger partial charge in [0.15, 0.2) is 12.4 Å². The predicted octanol–water partition coefficient (Wildman–Crippen LogP) is 2.00. The smallest absolute Gasteiger partial charge is 0.341 e. The van der Waals surface area contributed by atoms with Gasteiger partial charge in [0.25, 0.3) is 0 Å². The molecule has 0 aliphatic carbocycles. The maximum absolute atomic E-state index is 14.1. The average Bonchev–Trinajstić information content (AvgIpc) is 3.12. The number of rotatable bonds is 10. The zero-order valence-electron chi connectivity index (χ0n) is 16.1. The minimum absolute atomic E-state index is 0.169. The van der Waals surface area contributed by atoms with E-state index in [0.29, 0.717) is 12.4 Å². The number of aryl methyl sites for hydroxylation is 1. The summed E-state index contributed by atoms with van der Waals surface area (Å²) in [5, 5.41) is 11.1. The lowest BCUT2D eigenvalue weighted by atomic mass is 10.2. The van der Waals surface area contributed by atoms with Crippen LogP contribution in [-0.2, 0) is 27.9 Å². The highest BCUT2D eigenvalue weighted by Crippen LogP contribution is 2.20. The first-order valence-electron chi connectivity index (χ1n) is 9.06. The first-order chi connectivity index (χ1) is 13.3. The average molecular weight is 413 g/mol. The number of ether oxygens (including phenoxy) is 1. The van der Waals surface area contributed by atoms with Crippen molar-refractivity contribution in [1.29, 1.82) is 0 Å².